The van der Waals surface area contributed by atoms with Crippen molar-refractivity contribution in [2.45, 2.75) is 90.2 Å². The van der Waals surface area contributed by atoms with Crippen molar-refractivity contribution in [3.63, 3.8) is 0 Å². The number of H-pyrrole nitrogens is 1. The van der Waals surface area contributed by atoms with Gasteiger partial charge in [0.1, 0.15) is 11.4 Å². The van der Waals surface area contributed by atoms with Crippen LogP contribution >= 0.6 is 0 Å². The number of carbonyl (C=O) groups excluding carboxylic acids is 1. The second kappa shape index (κ2) is 8.08. The highest BCUT2D eigenvalue weighted by atomic mass is 16.7. The summed E-state index contributed by atoms with van der Waals surface area (Å²) in [6.07, 6.45) is 3.61. The lowest BCUT2D eigenvalue weighted by atomic mass is 9.78. The Morgan fingerprint density at radius 1 is 1.05 bits per heavy atom. The Morgan fingerprint density at radius 2 is 1.73 bits per heavy atom. The number of imidazole rings is 1. The molecule has 1 aliphatic carbocycles. The number of hydrogen-bond donors (Lipinski definition) is 1. The SMILES string of the molecule is CC(C)(C)OC(=O)N1[C@@H]2C[C@@H]2C[C@H]1c1ncc(-c2ccc3cc(B4OC(C)(C)C(C)(C)O4)ccc3c2)[nH]1. The van der Waals surface area contributed by atoms with Crippen LogP contribution in [0, 0.1) is 5.92 Å². The highest BCUT2D eigenvalue weighted by molar-refractivity contribution is 6.62. The number of fused-ring (bicyclic) bond motifs is 2. The van der Waals surface area contributed by atoms with Gasteiger partial charge in [-0.1, -0.05) is 30.3 Å². The molecule has 37 heavy (non-hydrogen) atoms. The average Bonchev–Trinajstić information content (AvgIpc) is 3.15. The molecule has 2 aromatic carbocycles. The molecule has 1 saturated carbocycles. The molecule has 3 aliphatic rings. The zero-order valence-electron chi connectivity index (χ0n) is 22.8. The zero-order valence-corrected chi connectivity index (χ0v) is 22.8. The van der Waals surface area contributed by atoms with E-state index in [0.717, 1.165) is 46.2 Å². The number of piperidine rings is 1. The van der Waals surface area contributed by atoms with Crippen LogP contribution in [0.2, 0.25) is 0 Å². The number of aromatic amines is 1. The highest BCUT2D eigenvalue weighted by Gasteiger charge is 2.56. The van der Waals surface area contributed by atoms with E-state index in [1.54, 1.807) is 0 Å². The molecule has 0 bridgehead atoms. The molecule has 3 aromatic rings. The van der Waals surface area contributed by atoms with Crippen molar-refractivity contribution in [3.05, 3.63) is 48.4 Å². The smallest absolute Gasteiger partial charge is 0.444 e. The van der Waals surface area contributed by atoms with E-state index >= 15 is 0 Å². The molecule has 0 spiro atoms. The number of nitrogens with one attached hydrogen (secondary N) is 1. The van der Waals surface area contributed by atoms with Crippen LogP contribution in [0.15, 0.2) is 42.6 Å². The first-order valence-electron chi connectivity index (χ1n) is 13.3. The van der Waals surface area contributed by atoms with Gasteiger partial charge in [0.25, 0.3) is 0 Å². The third-order valence-corrected chi connectivity index (χ3v) is 8.32. The molecule has 3 atom stereocenters. The van der Waals surface area contributed by atoms with E-state index in [0.29, 0.717) is 5.92 Å². The Hall–Kier alpha value is -2.84. The lowest BCUT2D eigenvalue weighted by Crippen LogP contribution is -2.41. The van der Waals surface area contributed by atoms with Crippen LogP contribution < -0.4 is 5.46 Å². The van der Waals surface area contributed by atoms with Gasteiger partial charge in [-0.2, -0.15) is 0 Å². The maximum Gasteiger partial charge on any atom is 0.494 e. The van der Waals surface area contributed by atoms with Crippen LogP contribution in [0.25, 0.3) is 22.0 Å². The predicted molar refractivity (Wildman–Crippen MR) is 145 cm³/mol. The van der Waals surface area contributed by atoms with E-state index in [-0.39, 0.29) is 36.5 Å². The predicted octanol–water partition coefficient (Wildman–Crippen LogP) is 5.60. The van der Waals surface area contributed by atoms with Gasteiger partial charge in [0.2, 0.25) is 0 Å². The number of benzene rings is 2. The summed E-state index contributed by atoms with van der Waals surface area (Å²) >= 11 is 0. The van der Waals surface area contributed by atoms with Crippen molar-refractivity contribution in [1.29, 1.82) is 0 Å². The van der Waals surface area contributed by atoms with E-state index in [9.17, 15) is 4.79 Å². The van der Waals surface area contributed by atoms with Crippen LogP contribution in [-0.2, 0) is 14.0 Å². The molecular formula is C29H36BN3O4. The minimum Gasteiger partial charge on any atom is -0.444 e. The summed E-state index contributed by atoms with van der Waals surface area (Å²) in [6, 6.07) is 12.9. The number of ether oxygens (including phenoxy) is 1. The quantitative estimate of drug-likeness (QED) is 0.473. The minimum atomic E-state index is -0.518. The number of likely N-dealkylation sites (tertiary alicyclic amines) is 1. The summed E-state index contributed by atoms with van der Waals surface area (Å²) in [5.74, 6) is 1.37. The Balaban J connectivity index is 1.23. The lowest BCUT2D eigenvalue weighted by molar-refractivity contribution is 0.00578. The third kappa shape index (κ3) is 4.34. The van der Waals surface area contributed by atoms with Crippen molar-refractivity contribution >= 4 is 29.4 Å². The van der Waals surface area contributed by atoms with Gasteiger partial charge in [0.15, 0.2) is 0 Å². The van der Waals surface area contributed by atoms with E-state index in [1.165, 1.54) is 0 Å². The molecule has 194 valence electrons. The summed E-state index contributed by atoms with van der Waals surface area (Å²) < 4.78 is 18.2. The number of carbonyl (C=O) groups is 1. The van der Waals surface area contributed by atoms with E-state index in [4.69, 9.17) is 19.0 Å². The maximum absolute atomic E-state index is 12.9. The maximum atomic E-state index is 12.9. The molecule has 1 aromatic heterocycles. The monoisotopic (exact) mass is 501 g/mol. The highest BCUT2D eigenvalue weighted by Crippen LogP contribution is 2.53. The summed E-state index contributed by atoms with van der Waals surface area (Å²) in [4.78, 5) is 23.0. The molecule has 6 rings (SSSR count). The standard InChI is InChI=1S/C29H36BN3O4/c1-27(2,3)35-26(34)33-23-14-20(23)15-24(33)25-31-16-22(32-25)19-9-8-18-13-21(11-10-17(18)12-19)30-36-28(4,5)29(6,7)37-30/h8-13,16,20,23-24H,14-15H2,1-7H3,(H,31,32)/t20-,23-,24+/m1/s1. The summed E-state index contributed by atoms with van der Waals surface area (Å²) in [6.45, 7) is 14.0. The van der Waals surface area contributed by atoms with Crippen molar-refractivity contribution in [2.24, 2.45) is 5.92 Å². The van der Waals surface area contributed by atoms with Gasteiger partial charge in [-0.15, -0.1) is 0 Å². The molecule has 1 N–H and O–H groups in total. The van der Waals surface area contributed by atoms with Gasteiger partial charge < -0.3 is 19.0 Å². The molecular weight excluding hydrogens is 465 g/mol. The van der Waals surface area contributed by atoms with Crippen LogP contribution in [0.4, 0.5) is 4.79 Å². The van der Waals surface area contributed by atoms with Gasteiger partial charge >= 0.3 is 13.2 Å². The number of nitrogens with zero attached hydrogens (tertiary/aromatic N) is 2. The van der Waals surface area contributed by atoms with Crippen molar-refractivity contribution in [2.75, 3.05) is 0 Å². The fraction of sp³-hybridized carbons (Fsp3) is 0.517. The fourth-order valence-electron chi connectivity index (χ4n) is 5.49. The van der Waals surface area contributed by atoms with Crippen molar-refractivity contribution in [1.82, 2.24) is 14.9 Å². The van der Waals surface area contributed by atoms with E-state index < -0.39 is 5.60 Å². The van der Waals surface area contributed by atoms with Gasteiger partial charge in [-0.3, -0.25) is 4.90 Å². The first-order valence-corrected chi connectivity index (χ1v) is 13.3. The van der Waals surface area contributed by atoms with Crippen LogP contribution in [-0.4, -0.2) is 50.9 Å². The second-order valence-electron chi connectivity index (χ2n) is 12.8. The molecule has 1 amide bonds. The Kier molecular flexibility index (Phi) is 5.35. The fourth-order valence-corrected chi connectivity index (χ4v) is 5.49. The summed E-state index contributed by atoms with van der Waals surface area (Å²) in [5, 5.41) is 2.26. The van der Waals surface area contributed by atoms with Crippen molar-refractivity contribution in [3.8, 4) is 11.3 Å². The van der Waals surface area contributed by atoms with Crippen LogP contribution in [0.5, 0.6) is 0 Å². The molecule has 3 heterocycles. The number of rotatable bonds is 3. The Bertz CT molecular complexity index is 1360. The number of amides is 1. The molecule has 2 saturated heterocycles. The van der Waals surface area contributed by atoms with E-state index in [2.05, 4.69) is 69.1 Å². The number of aromatic nitrogens is 2. The summed E-state index contributed by atoms with van der Waals surface area (Å²) in [7, 11) is -0.380. The topological polar surface area (TPSA) is 76.7 Å². The van der Waals surface area contributed by atoms with Gasteiger partial charge in [-0.05, 0) is 89.5 Å². The van der Waals surface area contributed by atoms with Gasteiger partial charge in [-0.25, -0.2) is 9.78 Å². The van der Waals surface area contributed by atoms with Crippen LogP contribution in [0.3, 0.4) is 0 Å². The molecule has 3 fully saturated rings. The van der Waals surface area contributed by atoms with Gasteiger partial charge in [0, 0.05) is 11.6 Å². The minimum absolute atomic E-state index is 0.0738. The number of hydrogen-bond acceptors (Lipinski definition) is 5. The third-order valence-electron chi connectivity index (χ3n) is 8.32. The van der Waals surface area contributed by atoms with E-state index in [1.807, 2.05) is 31.9 Å². The first-order chi connectivity index (χ1) is 17.3. The first kappa shape index (κ1) is 24.5. The molecule has 2 aliphatic heterocycles. The molecule has 7 nitrogen and oxygen atoms in total. The van der Waals surface area contributed by atoms with Gasteiger partial charge in [0.05, 0.1) is 29.1 Å². The molecule has 0 radical (unpaired) electrons. The van der Waals surface area contributed by atoms with Crippen LogP contribution in [0.1, 0.15) is 73.2 Å². The summed E-state index contributed by atoms with van der Waals surface area (Å²) in [5.41, 5.74) is 1.76. The normalized spacial score (nSPS) is 26.0. The Morgan fingerprint density at radius 3 is 2.43 bits per heavy atom. The lowest BCUT2D eigenvalue weighted by Gasteiger charge is -2.32. The Labute approximate surface area is 219 Å². The molecule has 8 heteroatoms. The average molecular weight is 501 g/mol. The molecule has 0 unspecified atom stereocenters. The second-order valence-corrected chi connectivity index (χ2v) is 12.8. The van der Waals surface area contributed by atoms with Crippen molar-refractivity contribution < 1.29 is 18.8 Å². The largest absolute Gasteiger partial charge is 0.494 e. The zero-order chi connectivity index (χ0) is 26.3.